The Morgan fingerprint density at radius 2 is 1.70 bits per heavy atom. The molecular formula is C27H37NO4S. The van der Waals surface area contributed by atoms with Crippen LogP contribution < -0.4 is 5.32 Å². The van der Waals surface area contributed by atoms with Crippen molar-refractivity contribution in [1.82, 2.24) is 0 Å². The first-order chi connectivity index (χ1) is 15.3. The lowest BCUT2D eigenvalue weighted by molar-refractivity contribution is -0.116. The highest BCUT2D eigenvalue weighted by molar-refractivity contribution is 7.90. The Labute approximate surface area is 198 Å². The number of rotatable bonds is 10. The first kappa shape index (κ1) is 26.8. The highest BCUT2D eigenvalue weighted by atomic mass is 32.2. The van der Waals surface area contributed by atoms with E-state index in [0.29, 0.717) is 16.8 Å². The Bertz CT molecular complexity index is 1100. The molecule has 0 aliphatic rings. The van der Waals surface area contributed by atoms with Crippen LogP contribution in [0.2, 0.25) is 0 Å². The maximum atomic E-state index is 13.2. The van der Waals surface area contributed by atoms with Gasteiger partial charge >= 0.3 is 0 Å². The van der Waals surface area contributed by atoms with Crippen molar-refractivity contribution in [1.29, 1.82) is 0 Å². The molecule has 1 N–H and O–H groups in total. The third-order valence-electron chi connectivity index (χ3n) is 5.85. The minimum atomic E-state index is -3.41. The van der Waals surface area contributed by atoms with Crippen LogP contribution >= 0.6 is 0 Å². The Hall–Kier alpha value is -2.47. The van der Waals surface area contributed by atoms with Gasteiger partial charge in [-0.25, -0.2) is 8.42 Å². The summed E-state index contributed by atoms with van der Waals surface area (Å²) in [5.41, 5.74) is 2.59. The number of sulfone groups is 1. The van der Waals surface area contributed by atoms with E-state index in [9.17, 15) is 18.0 Å². The number of anilines is 1. The van der Waals surface area contributed by atoms with Gasteiger partial charge in [-0.3, -0.25) is 9.59 Å². The van der Waals surface area contributed by atoms with Crippen LogP contribution in [0.15, 0.2) is 47.4 Å². The van der Waals surface area contributed by atoms with E-state index in [-0.39, 0.29) is 34.3 Å². The molecule has 0 heterocycles. The number of hydrogen-bond acceptors (Lipinski definition) is 4. The third-order valence-corrected chi connectivity index (χ3v) is 7.03. The summed E-state index contributed by atoms with van der Waals surface area (Å²) in [5, 5.41) is 3.02. The number of hydrogen-bond donors (Lipinski definition) is 1. The van der Waals surface area contributed by atoms with Crippen LogP contribution in [-0.2, 0) is 20.0 Å². The first-order valence-corrected chi connectivity index (χ1v) is 13.5. The van der Waals surface area contributed by atoms with Crippen molar-refractivity contribution in [3.63, 3.8) is 0 Å². The molecule has 2 aromatic carbocycles. The fraction of sp³-hybridized carbons (Fsp3) is 0.481. The summed E-state index contributed by atoms with van der Waals surface area (Å²) in [6.07, 6.45) is 5.09. The molecule has 0 aromatic heterocycles. The fourth-order valence-corrected chi connectivity index (χ4v) is 5.10. The maximum absolute atomic E-state index is 13.2. The normalized spacial score (nSPS) is 12.9. The molecule has 1 unspecified atom stereocenters. The van der Waals surface area contributed by atoms with Gasteiger partial charge in [0.2, 0.25) is 5.91 Å². The van der Waals surface area contributed by atoms with Gasteiger partial charge in [-0.05, 0) is 47.9 Å². The number of ketones is 1. The second-order valence-corrected chi connectivity index (χ2v) is 11.8. The van der Waals surface area contributed by atoms with Crippen molar-refractivity contribution >= 4 is 27.2 Å². The number of carbonyl (C=O) groups is 2. The average Bonchev–Trinajstić information content (AvgIpc) is 2.71. The van der Waals surface area contributed by atoms with Crippen LogP contribution in [0.1, 0.15) is 94.1 Å². The van der Waals surface area contributed by atoms with Crippen molar-refractivity contribution in [3.05, 3.63) is 59.2 Å². The summed E-state index contributed by atoms with van der Waals surface area (Å²) < 4.78 is 24.8. The Morgan fingerprint density at radius 3 is 2.27 bits per heavy atom. The van der Waals surface area contributed by atoms with Gasteiger partial charge in [0.05, 0.1) is 4.90 Å². The fourth-order valence-electron chi connectivity index (χ4n) is 4.11. The molecule has 0 bridgehead atoms. The molecule has 0 aliphatic heterocycles. The average molecular weight is 472 g/mol. The molecular weight excluding hydrogens is 434 g/mol. The molecule has 0 saturated heterocycles. The number of nitrogens with one attached hydrogen (secondary N) is 1. The molecule has 2 aromatic rings. The molecule has 5 nitrogen and oxygen atoms in total. The summed E-state index contributed by atoms with van der Waals surface area (Å²) in [6.45, 7) is 9.79. The monoisotopic (exact) mass is 471 g/mol. The predicted molar refractivity (Wildman–Crippen MR) is 135 cm³/mol. The molecule has 1 atom stereocenters. The minimum absolute atomic E-state index is 0.0644. The summed E-state index contributed by atoms with van der Waals surface area (Å²) in [7, 11) is -3.41. The highest BCUT2D eigenvalue weighted by Gasteiger charge is 2.25. The van der Waals surface area contributed by atoms with Gasteiger partial charge in [-0.1, -0.05) is 77.3 Å². The van der Waals surface area contributed by atoms with E-state index in [4.69, 9.17) is 0 Å². The zero-order chi connectivity index (χ0) is 24.8. The zero-order valence-corrected chi connectivity index (χ0v) is 21.5. The van der Waals surface area contributed by atoms with E-state index < -0.39 is 9.84 Å². The van der Waals surface area contributed by atoms with E-state index in [1.54, 1.807) is 24.3 Å². The van der Waals surface area contributed by atoms with Gasteiger partial charge in [0.15, 0.2) is 15.6 Å². The predicted octanol–water partition coefficient (Wildman–Crippen LogP) is 6.28. The van der Waals surface area contributed by atoms with Crippen LogP contribution in [0, 0.1) is 0 Å². The Kier molecular flexibility index (Phi) is 9.01. The quantitative estimate of drug-likeness (QED) is 0.326. The van der Waals surface area contributed by atoms with Gasteiger partial charge in [-0.15, -0.1) is 0 Å². The Morgan fingerprint density at radius 1 is 1.03 bits per heavy atom. The molecule has 0 fully saturated rings. The standard InChI is InChI=1S/C27H37NO4S/c1-7-8-9-12-21(22-13-10-11-14-25(22)33(6,31)32)18-26(30)28-24-17-20(19(2)29)15-16-23(24)27(3,4)5/h10-11,13-17,21H,7-9,12,18H2,1-6H3,(H,28,30). The maximum Gasteiger partial charge on any atom is 0.224 e. The van der Waals surface area contributed by atoms with Gasteiger partial charge in [0, 0.05) is 23.9 Å². The van der Waals surface area contributed by atoms with E-state index in [1.165, 1.54) is 13.2 Å². The van der Waals surface area contributed by atoms with Crippen molar-refractivity contribution in [2.24, 2.45) is 0 Å². The molecule has 0 spiro atoms. The lowest BCUT2D eigenvalue weighted by Crippen LogP contribution is -2.21. The van der Waals surface area contributed by atoms with Crippen LogP contribution in [0.25, 0.3) is 0 Å². The van der Waals surface area contributed by atoms with Crippen LogP contribution in [0.5, 0.6) is 0 Å². The molecule has 0 saturated carbocycles. The second-order valence-electron chi connectivity index (χ2n) is 9.82. The Balaban J connectivity index is 2.39. The van der Waals surface area contributed by atoms with E-state index in [0.717, 1.165) is 31.2 Å². The third kappa shape index (κ3) is 7.53. The summed E-state index contributed by atoms with van der Waals surface area (Å²) in [6, 6.07) is 12.4. The van der Waals surface area contributed by atoms with E-state index >= 15 is 0 Å². The van der Waals surface area contributed by atoms with Gasteiger partial charge < -0.3 is 5.32 Å². The molecule has 2 rings (SSSR count). The summed E-state index contributed by atoms with van der Waals surface area (Å²) in [5.74, 6) is -0.465. The van der Waals surface area contributed by atoms with Gasteiger partial charge in [0.1, 0.15) is 0 Å². The van der Waals surface area contributed by atoms with Crippen molar-refractivity contribution < 1.29 is 18.0 Å². The highest BCUT2D eigenvalue weighted by Crippen LogP contribution is 2.34. The van der Waals surface area contributed by atoms with Gasteiger partial charge in [0.25, 0.3) is 0 Å². The summed E-state index contributed by atoms with van der Waals surface area (Å²) >= 11 is 0. The number of carbonyl (C=O) groups excluding carboxylic acids is 2. The number of Topliss-reactive ketones (excluding diaryl/α,β-unsaturated/α-hetero) is 1. The van der Waals surface area contributed by atoms with Crippen LogP contribution in [0.4, 0.5) is 5.69 Å². The smallest absolute Gasteiger partial charge is 0.224 e. The topological polar surface area (TPSA) is 80.3 Å². The van der Waals surface area contributed by atoms with Crippen LogP contribution in [-0.4, -0.2) is 26.4 Å². The number of benzene rings is 2. The van der Waals surface area contributed by atoms with Crippen molar-refractivity contribution in [2.45, 2.75) is 83.0 Å². The lowest BCUT2D eigenvalue weighted by atomic mass is 9.84. The molecule has 1 amide bonds. The minimum Gasteiger partial charge on any atom is -0.326 e. The first-order valence-electron chi connectivity index (χ1n) is 11.6. The number of unbranched alkanes of at least 4 members (excludes halogenated alkanes) is 2. The number of amides is 1. The molecule has 6 heteroatoms. The zero-order valence-electron chi connectivity index (χ0n) is 20.7. The lowest BCUT2D eigenvalue weighted by Gasteiger charge is -2.25. The van der Waals surface area contributed by atoms with Crippen LogP contribution in [0.3, 0.4) is 0 Å². The van der Waals surface area contributed by atoms with Crippen molar-refractivity contribution in [2.75, 3.05) is 11.6 Å². The van der Waals surface area contributed by atoms with E-state index in [2.05, 4.69) is 33.0 Å². The van der Waals surface area contributed by atoms with Crippen molar-refractivity contribution in [3.8, 4) is 0 Å². The largest absolute Gasteiger partial charge is 0.326 e. The SMILES string of the molecule is CCCCCC(CC(=O)Nc1cc(C(C)=O)ccc1C(C)(C)C)c1ccccc1S(C)(=O)=O. The molecule has 33 heavy (non-hydrogen) atoms. The van der Waals surface area contributed by atoms with E-state index in [1.807, 2.05) is 18.2 Å². The molecule has 180 valence electrons. The second kappa shape index (κ2) is 11.1. The molecule has 0 radical (unpaired) electrons. The molecule has 0 aliphatic carbocycles. The van der Waals surface area contributed by atoms with Gasteiger partial charge in [-0.2, -0.15) is 0 Å². The summed E-state index contributed by atoms with van der Waals surface area (Å²) in [4.78, 5) is 25.4.